The summed E-state index contributed by atoms with van der Waals surface area (Å²) in [5, 5.41) is 1.13. The van der Waals surface area contributed by atoms with Crippen LogP contribution in [-0.4, -0.2) is 53.0 Å². The van der Waals surface area contributed by atoms with Crippen LogP contribution >= 0.6 is 0 Å². The van der Waals surface area contributed by atoms with Gasteiger partial charge in [0.2, 0.25) is 24.2 Å². The van der Waals surface area contributed by atoms with Gasteiger partial charge >= 0.3 is 0 Å². The lowest BCUT2D eigenvalue weighted by Gasteiger charge is -2.23. The lowest BCUT2D eigenvalue weighted by molar-refractivity contribution is -0.147. The molecule has 1 aromatic carbocycles. The number of hydrogen-bond acceptors (Lipinski definition) is 8. The summed E-state index contributed by atoms with van der Waals surface area (Å²) in [6, 6.07) is 8.95. The summed E-state index contributed by atoms with van der Waals surface area (Å²) in [7, 11) is 3.66. The van der Waals surface area contributed by atoms with Crippen molar-refractivity contribution >= 4 is 24.2 Å². The highest BCUT2D eigenvalue weighted by atomic mass is 16.7. The number of hydrogen-bond donors (Lipinski definition) is 2. The number of carbonyl (C=O) groups excluding carboxylic acids is 2. The van der Waals surface area contributed by atoms with Gasteiger partial charge in [-0.05, 0) is 37.8 Å². The van der Waals surface area contributed by atoms with E-state index in [1.807, 2.05) is 38.4 Å². The lowest BCUT2D eigenvalue weighted by atomic mass is 10.0. The summed E-state index contributed by atoms with van der Waals surface area (Å²) < 4.78 is 0. The van der Waals surface area contributed by atoms with E-state index in [0.717, 1.165) is 30.7 Å². The van der Waals surface area contributed by atoms with Gasteiger partial charge in [0.05, 0.1) is 12.5 Å². The number of carbonyl (C=O) groups is 2. The quantitative estimate of drug-likeness (QED) is 0.153. The highest BCUT2D eigenvalue weighted by molar-refractivity contribution is 5.80. The number of allylic oxidation sites excluding steroid dienone is 2. The summed E-state index contributed by atoms with van der Waals surface area (Å²) in [6.45, 7) is 7.55. The number of amides is 2. The third-order valence-electron chi connectivity index (χ3n) is 5.00. The molecule has 0 aliphatic carbocycles. The fraction of sp³-hybridized carbons (Fsp3) is 0.400. The zero-order valence-corrected chi connectivity index (χ0v) is 20.5. The molecule has 2 rings (SSSR count). The Morgan fingerprint density at radius 1 is 1.09 bits per heavy atom. The third-order valence-corrected chi connectivity index (χ3v) is 5.00. The van der Waals surface area contributed by atoms with Crippen LogP contribution in [0.25, 0.3) is 0 Å². The maximum atomic E-state index is 13.1. The van der Waals surface area contributed by atoms with E-state index in [0.29, 0.717) is 36.8 Å². The smallest absolute Gasteiger partial charge is 0.246 e. The van der Waals surface area contributed by atoms with Gasteiger partial charge in [-0.3, -0.25) is 20.4 Å². The van der Waals surface area contributed by atoms with E-state index in [1.165, 1.54) is 0 Å². The second-order valence-electron chi connectivity index (χ2n) is 8.09. The van der Waals surface area contributed by atoms with Crippen molar-refractivity contribution in [2.75, 3.05) is 31.0 Å². The van der Waals surface area contributed by atoms with Gasteiger partial charge in [-0.25, -0.2) is 0 Å². The summed E-state index contributed by atoms with van der Waals surface area (Å²) in [6.07, 6.45) is 8.65. The molecular formula is C25H35N7O3. The number of unbranched alkanes of at least 4 members (excludes halogenated alkanes) is 2. The van der Waals surface area contributed by atoms with Crippen molar-refractivity contribution in [2.45, 2.75) is 38.5 Å². The minimum absolute atomic E-state index is 0.0880. The number of aromatic nitrogens is 3. The van der Waals surface area contributed by atoms with Gasteiger partial charge in [0.15, 0.2) is 5.75 Å². The van der Waals surface area contributed by atoms with Gasteiger partial charge in [0.25, 0.3) is 0 Å². The minimum Gasteiger partial charge on any atom is -0.377 e. The molecule has 2 N–H and O–H groups in total. The number of para-hydroxylation sites is 1. The SMILES string of the molecule is C=CCCCC[C@@H](CN(C=O)Oc1ccccc1)C(=O)NNc1nc(CCC=C)nc(N(C)C)n1. The van der Waals surface area contributed by atoms with Crippen LogP contribution in [0.1, 0.15) is 37.9 Å². The Morgan fingerprint density at radius 3 is 2.49 bits per heavy atom. The van der Waals surface area contributed by atoms with Crippen LogP contribution in [0.2, 0.25) is 0 Å². The van der Waals surface area contributed by atoms with Crippen molar-refractivity contribution in [3.63, 3.8) is 0 Å². The van der Waals surface area contributed by atoms with E-state index >= 15 is 0 Å². The van der Waals surface area contributed by atoms with Gasteiger partial charge in [-0.15, -0.1) is 13.2 Å². The number of hydrazine groups is 1. The van der Waals surface area contributed by atoms with Gasteiger partial charge in [0.1, 0.15) is 5.82 Å². The second-order valence-corrected chi connectivity index (χ2v) is 8.09. The highest BCUT2D eigenvalue weighted by Crippen LogP contribution is 2.16. The molecule has 2 aromatic rings. The first-order valence-electron chi connectivity index (χ1n) is 11.6. The first-order valence-corrected chi connectivity index (χ1v) is 11.6. The maximum absolute atomic E-state index is 13.1. The zero-order valence-electron chi connectivity index (χ0n) is 20.5. The first-order chi connectivity index (χ1) is 17.0. The van der Waals surface area contributed by atoms with Gasteiger partial charge < -0.3 is 9.74 Å². The number of nitrogens with one attached hydrogen (secondary N) is 2. The first kappa shape index (κ1) is 27.3. The van der Waals surface area contributed by atoms with Crippen LogP contribution < -0.4 is 20.6 Å². The monoisotopic (exact) mass is 481 g/mol. The van der Waals surface area contributed by atoms with Crippen molar-refractivity contribution in [1.29, 1.82) is 0 Å². The van der Waals surface area contributed by atoms with E-state index in [1.54, 1.807) is 23.1 Å². The zero-order chi connectivity index (χ0) is 25.5. The van der Waals surface area contributed by atoms with E-state index in [9.17, 15) is 9.59 Å². The summed E-state index contributed by atoms with van der Waals surface area (Å²) in [4.78, 5) is 45.3. The minimum atomic E-state index is -0.517. The van der Waals surface area contributed by atoms with E-state index in [4.69, 9.17) is 4.84 Å². The van der Waals surface area contributed by atoms with E-state index in [-0.39, 0.29) is 18.4 Å². The Morgan fingerprint density at radius 2 is 1.83 bits per heavy atom. The molecule has 188 valence electrons. The fourth-order valence-corrected chi connectivity index (χ4v) is 3.15. The molecule has 10 heteroatoms. The Bertz CT molecular complexity index is 953. The topological polar surface area (TPSA) is 113 Å². The van der Waals surface area contributed by atoms with Crippen LogP contribution in [0, 0.1) is 5.92 Å². The molecule has 0 spiro atoms. The van der Waals surface area contributed by atoms with Gasteiger partial charge in [-0.1, -0.05) is 36.8 Å². The van der Waals surface area contributed by atoms with E-state index < -0.39 is 5.92 Å². The lowest BCUT2D eigenvalue weighted by Crippen LogP contribution is -2.42. The summed E-state index contributed by atoms with van der Waals surface area (Å²) in [5.41, 5.74) is 5.49. The molecule has 0 unspecified atom stereocenters. The molecule has 1 aromatic heterocycles. The third kappa shape index (κ3) is 9.83. The predicted octanol–water partition coefficient (Wildman–Crippen LogP) is 3.31. The largest absolute Gasteiger partial charge is 0.377 e. The average Bonchev–Trinajstić information content (AvgIpc) is 2.87. The Labute approximate surface area is 207 Å². The van der Waals surface area contributed by atoms with Crippen LogP contribution in [0.15, 0.2) is 55.6 Å². The molecule has 35 heavy (non-hydrogen) atoms. The number of rotatable bonds is 17. The Hall–Kier alpha value is -3.95. The molecule has 0 bridgehead atoms. The van der Waals surface area contributed by atoms with E-state index in [2.05, 4.69) is 39.0 Å². The average molecular weight is 482 g/mol. The molecule has 0 radical (unpaired) electrons. The van der Waals surface area contributed by atoms with Crippen LogP contribution in [0.4, 0.5) is 11.9 Å². The van der Waals surface area contributed by atoms with Crippen LogP contribution in [0.5, 0.6) is 5.75 Å². The Balaban J connectivity index is 2.09. The maximum Gasteiger partial charge on any atom is 0.246 e. The van der Waals surface area contributed by atoms with Crippen molar-refractivity contribution < 1.29 is 14.4 Å². The van der Waals surface area contributed by atoms with Crippen LogP contribution in [0.3, 0.4) is 0 Å². The number of anilines is 2. The van der Waals surface area contributed by atoms with Crippen molar-refractivity contribution in [3.8, 4) is 5.75 Å². The number of hydroxylamine groups is 2. The van der Waals surface area contributed by atoms with Gasteiger partial charge in [0, 0.05) is 20.5 Å². The molecule has 0 saturated carbocycles. The normalized spacial score (nSPS) is 11.1. The molecule has 10 nitrogen and oxygen atoms in total. The van der Waals surface area contributed by atoms with Crippen molar-refractivity contribution in [2.24, 2.45) is 5.92 Å². The van der Waals surface area contributed by atoms with Crippen molar-refractivity contribution in [3.05, 3.63) is 61.5 Å². The number of nitrogens with zero attached hydrogens (tertiary/aromatic N) is 5. The molecule has 0 saturated heterocycles. The standard InChI is InChI=1S/C25H35N7O3/c1-5-7-9-11-14-20(18-32(19-33)35-21-15-12-10-13-16-21)23(34)29-30-24-26-22(17-8-6-2)27-25(28-24)31(3)4/h5-6,10,12-13,15-16,19-20H,1-2,7-9,11,14,17-18H2,3-4H3,(H,29,34)(H,26,27,28,30)/t20-/m0/s1. The van der Waals surface area contributed by atoms with Crippen molar-refractivity contribution in [1.82, 2.24) is 25.4 Å². The molecule has 0 aliphatic rings. The van der Waals surface area contributed by atoms with Crippen LogP contribution in [-0.2, 0) is 16.0 Å². The molecule has 1 atom stereocenters. The summed E-state index contributed by atoms with van der Waals surface area (Å²) in [5.74, 6) is 0.986. The molecule has 0 fully saturated rings. The fourth-order valence-electron chi connectivity index (χ4n) is 3.15. The molecule has 0 aliphatic heterocycles. The second kappa shape index (κ2) is 15.0. The summed E-state index contributed by atoms with van der Waals surface area (Å²) >= 11 is 0. The molecule has 2 amide bonds. The predicted molar refractivity (Wildman–Crippen MR) is 136 cm³/mol. The number of aryl methyl sites for hydroxylation is 1. The highest BCUT2D eigenvalue weighted by Gasteiger charge is 2.23. The van der Waals surface area contributed by atoms with Gasteiger partial charge in [-0.2, -0.15) is 20.0 Å². The molecular weight excluding hydrogens is 446 g/mol. The number of benzene rings is 1. The molecule has 1 heterocycles. The Kier molecular flexibility index (Phi) is 11.7.